The molecule has 0 aliphatic rings. The van der Waals surface area contributed by atoms with Gasteiger partial charge in [-0.05, 0) is 24.3 Å². The van der Waals surface area contributed by atoms with Crippen LogP contribution in [0.4, 0.5) is 0 Å². The minimum atomic E-state index is -0.832. The molecule has 0 aromatic carbocycles. The molecule has 0 aliphatic carbocycles. The van der Waals surface area contributed by atoms with Crippen LogP contribution in [0.15, 0.2) is 41.1 Å². The monoisotopic (exact) mass is 257 g/mol. The number of furan rings is 1. The number of aromatic nitrogens is 3. The highest BCUT2D eigenvalue weighted by molar-refractivity contribution is 5.67. The van der Waals surface area contributed by atoms with Gasteiger partial charge in [-0.15, -0.1) is 0 Å². The van der Waals surface area contributed by atoms with Gasteiger partial charge in [0.1, 0.15) is 5.69 Å². The lowest BCUT2D eigenvalue weighted by Gasteiger charge is -1.96. The molecule has 0 spiro atoms. The fourth-order valence-corrected chi connectivity index (χ4v) is 1.84. The lowest BCUT2D eigenvalue weighted by Crippen LogP contribution is -1.97. The number of rotatable bonds is 4. The lowest BCUT2D eigenvalue weighted by molar-refractivity contribution is -0.136. The number of aliphatic carboxylic acids is 1. The number of fused-ring (bicyclic) bond motifs is 1. The highest BCUT2D eigenvalue weighted by Crippen LogP contribution is 2.17. The van der Waals surface area contributed by atoms with Gasteiger partial charge in [0.25, 0.3) is 0 Å². The molecule has 19 heavy (non-hydrogen) atoms. The second-order valence-corrected chi connectivity index (χ2v) is 4.12. The molecule has 3 aromatic rings. The molecule has 0 saturated carbocycles. The Morgan fingerprint density at radius 2 is 2.26 bits per heavy atom. The molecule has 3 aromatic heterocycles. The topological polar surface area (TPSA) is 80.6 Å². The Balaban J connectivity index is 1.93. The van der Waals surface area contributed by atoms with Gasteiger partial charge in [-0.1, -0.05) is 0 Å². The Morgan fingerprint density at radius 1 is 1.37 bits per heavy atom. The Bertz CT molecular complexity index is 716. The van der Waals surface area contributed by atoms with Gasteiger partial charge in [0.15, 0.2) is 11.4 Å². The second-order valence-electron chi connectivity index (χ2n) is 4.12. The second kappa shape index (κ2) is 4.56. The quantitative estimate of drug-likeness (QED) is 0.773. The van der Waals surface area contributed by atoms with Gasteiger partial charge in [-0.2, -0.15) is 5.10 Å². The zero-order valence-electron chi connectivity index (χ0n) is 9.98. The molecule has 0 bridgehead atoms. The van der Waals surface area contributed by atoms with Gasteiger partial charge in [-0.25, -0.2) is 9.50 Å². The maximum Gasteiger partial charge on any atom is 0.303 e. The zero-order chi connectivity index (χ0) is 13.2. The molecule has 3 heterocycles. The third-order valence-corrected chi connectivity index (χ3v) is 2.74. The fourth-order valence-electron chi connectivity index (χ4n) is 1.84. The van der Waals surface area contributed by atoms with Crippen LogP contribution >= 0.6 is 0 Å². The average Bonchev–Trinajstić information content (AvgIpc) is 3.04. The summed E-state index contributed by atoms with van der Waals surface area (Å²) < 4.78 is 6.91. The largest absolute Gasteiger partial charge is 0.481 e. The molecule has 6 nitrogen and oxygen atoms in total. The fraction of sp³-hybridized carbons (Fsp3) is 0.154. The minimum Gasteiger partial charge on any atom is -0.481 e. The summed E-state index contributed by atoms with van der Waals surface area (Å²) in [6.45, 7) is 0. The summed E-state index contributed by atoms with van der Waals surface area (Å²) in [7, 11) is 0. The van der Waals surface area contributed by atoms with E-state index >= 15 is 0 Å². The van der Waals surface area contributed by atoms with Gasteiger partial charge < -0.3 is 9.52 Å². The lowest BCUT2D eigenvalue weighted by atomic mass is 10.2. The van der Waals surface area contributed by atoms with Gasteiger partial charge in [0.2, 0.25) is 0 Å². The van der Waals surface area contributed by atoms with Gasteiger partial charge in [0, 0.05) is 6.42 Å². The van der Waals surface area contributed by atoms with Crippen LogP contribution < -0.4 is 0 Å². The molecular formula is C13H11N3O3. The molecule has 0 fully saturated rings. The zero-order valence-corrected chi connectivity index (χ0v) is 9.98. The van der Waals surface area contributed by atoms with E-state index in [4.69, 9.17) is 9.52 Å². The smallest absolute Gasteiger partial charge is 0.303 e. The summed E-state index contributed by atoms with van der Waals surface area (Å²) >= 11 is 0. The van der Waals surface area contributed by atoms with Crippen molar-refractivity contribution in [2.24, 2.45) is 0 Å². The van der Waals surface area contributed by atoms with Crippen molar-refractivity contribution in [3.63, 3.8) is 0 Å². The van der Waals surface area contributed by atoms with E-state index in [1.807, 2.05) is 18.2 Å². The van der Waals surface area contributed by atoms with Gasteiger partial charge in [-0.3, -0.25) is 4.79 Å². The number of carbonyl (C=O) groups is 1. The van der Waals surface area contributed by atoms with E-state index in [2.05, 4.69) is 10.1 Å². The first-order chi connectivity index (χ1) is 9.22. The molecule has 0 aliphatic heterocycles. The van der Waals surface area contributed by atoms with Crippen LogP contribution in [0, 0.1) is 0 Å². The number of nitrogens with zero attached hydrogens (tertiary/aromatic N) is 3. The normalized spacial score (nSPS) is 10.9. The van der Waals surface area contributed by atoms with E-state index < -0.39 is 5.97 Å². The van der Waals surface area contributed by atoms with Crippen molar-refractivity contribution in [2.45, 2.75) is 12.8 Å². The number of carboxylic acids is 1. The first-order valence-corrected chi connectivity index (χ1v) is 5.83. The van der Waals surface area contributed by atoms with Crippen LogP contribution in [-0.2, 0) is 11.2 Å². The van der Waals surface area contributed by atoms with E-state index in [0.717, 1.165) is 0 Å². The standard InChI is InChI=1S/C13H11N3O3/c17-13(18)6-3-9-8-16-12(14-9)5-4-10(15-16)11-2-1-7-19-11/h1-2,4-5,7-8H,3,6H2,(H,17,18). The van der Waals surface area contributed by atoms with Gasteiger partial charge >= 0.3 is 5.97 Å². The van der Waals surface area contributed by atoms with Crippen molar-refractivity contribution in [1.29, 1.82) is 0 Å². The van der Waals surface area contributed by atoms with Crippen LogP contribution in [0.1, 0.15) is 12.1 Å². The number of aryl methyl sites for hydroxylation is 1. The van der Waals surface area contributed by atoms with E-state index in [9.17, 15) is 4.79 Å². The van der Waals surface area contributed by atoms with Crippen molar-refractivity contribution in [2.75, 3.05) is 0 Å². The predicted molar refractivity (Wildman–Crippen MR) is 66.6 cm³/mol. The highest BCUT2D eigenvalue weighted by atomic mass is 16.4. The number of imidazole rings is 1. The van der Waals surface area contributed by atoms with Gasteiger partial charge in [0.05, 0.1) is 24.6 Å². The Morgan fingerprint density at radius 3 is 3.00 bits per heavy atom. The Labute approximate surface area is 108 Å². The third-order valence-electron chi connectivity index (χ3n) is 2.74. The average molecular weight is 257 g/mol. The summed E-state index contributed by atoms with van der Waals surface area (Å²) in [6.07, 6.45) is 3.79. The van der Waals surface area contributed by atoms with E-state index in [1.54, 1.807) is 23.0 Å². The summed E-state index contributed by atoms with van der Waals surface area (Å²) in [6, 6.07) is 7.28. The van der Waals surface area contributed by atoms with Crippen molar-refractivity contribution in [1.82, 2.24) is 14.6 Å². The van der Waals surface area contributed by atoms with Crippen molar-refractivity contribution >= 4 is 11.6 Å². The van der Waals surface area contributed by atoms with Crippen LogP contribution in [0.5, 0.6) is 0 Å². The van der Waals surface area contributed by atoms with Crippen molar-refractivity contribution in [3.05, 3.63) is 42.4 Å². The van der Waals surface area contributed by atoms with Crippen LogP contribution in [0.2, 0.25) is 0 Å². The Kier molecular flexibility index (Phi) is 2.75. The van der Waals surface area contributed by atoms with Crippen molar-refractivity contribution in [3.8, 4) is 11.5 Å². The highest BCUT2D eigenvalue weighted by Gasteiger charge is 2.08. The molecule has 1 N–H and O–H groups in total. The number of hydrogen-bond donors (Lipinski definition) is 1. The number of carboxylic acid groups (broad SMARTS) is 1. The molecule has 0 saturated heterocycles. The van der Waals surface area contributed by atoms with Crippen molar-refractivity contribution < 1.29 is 14.3 Å². The van der Waals surface area contributed by atoms with Crippen LogP contribution in [-0.4, -0.2) is 25.7 Å². The summed E-state index contributed by atoms with van der Waals surface area (Å²) in [4.78, 5) is 14.8. The molecule has 0 radical (unpaired) electrons. The molecule has 0 unspecified atom stereocenters. The molecule has 0 amide bonds. The van der Waals surface area contributed by atoms with Crippen LogP contribution in [0.25, 0.3) is 17.1 Å². The first-order valence-electron chi connectivity index (χ1n) is 5.83. The molecule has 3 rings (SSSR count). The molecule has 0 atom stereocenters. The maximum atomic E-state index is 10.5. The predicted octanol–water partition coefficient (Wildman–Crippen LogP) is 2.01. The SMILES string of the molecule is O=C(O)CCc1cn2nc(-c3ccco3)ccc2n1. The maximum absolute atomic E-state index is 10.5. The number of hydrogen-bond acceptors (Lipinski definition) is 4. The molecular weight excluding hydrogens is 246 g/mol. The third kappa shape index (κ3) is 2.33. The van der Waals surface area contributed by atoms with E-state index in [1.165, 1.54) is 0 Å². The minimum absolute atomic E-state index is 0.0644. The molecule has 6 heteroatoms. The van der Waals surface area contributed by atoms with Crippen LogP contribution in [0.3, 0.4) is 0 Å². The first kappa shape index (κ1) is 11.5. The van der Waals surface area contributed by atoms with E-state index in [0.29, 0.717) is 29.2 Å². The summed E-state index contributed by atoms with van der Waals surface area (Å²) in [5, 5.41) is 13.0. The molecule has 96 valence electrons. The Hall–Kier alpha value is -2.63. The van der Waals surface area contributed by atoms with E-state index in [-0.39, 0.29) is 6.42 Å². The summed E-state index contributed by atoms with van der Waals surface area (Å²) in [5.74, 6) is -0.149. The summed E-state index contributed by atoms with van der Waals surface area (Å²) in [5.41, 5.74) is 2.11.